The average molecular weight is 448 g/mol. The molecule has 5 rings (SSSR count). The van der Waals surface area contributed by atoms with Gasteiger partial charge in [-0.15, -0.1) is 0 Å². The van der Waals surface area contributed by atoms with E-state index in [9.17, 15) is 19.2 Å². The topological polar surface area (TPSA) is 93.8 Å². The lowest BCUT2D eigenvalue weighted by atomic mass is 10.1. The minimum Gasteiger partial charge on any atom is -0.378 e. The van der Waals surface area contributed by atoms with Crippen LogP contribution in [0.2, 0.25) is 0 Å². The molecule has 1 fully saturated rings. The number of fused-ring (bicyclic) bond motifs is 2. The zero-order chi connectivity index (χ0) is 23.3. The number of amides is 2. The molecular formula is C24H24N4O5. The molecule has 0 bridgehead atoms. The summed E-state index contributed by atoms with van der Waals surface area (Å²) in [5.41, 5.74) is 0.926. The van der Waals surface area contributed by atoms with Crippen molar-refractivity contribution >= 4 is 28.4 Å². The second-order valence-corrected chi connectivity index (χ2v) is 8.51. The number of anilines is 1. The van der Waals surface area contributed by atoms with Crippen LogP contribution >= 0.6 is 0 Å². The number of hydrogen-bond acceptors (Lipinski definition) is 6. The van der Waals surface area contributed by atoms with Crippen LogP contribution in [0.5, 0.6) is 0 Å². The molecule has 1 aromatic heterocycles. The van der Waals surface area contributed by atoms with Gasteiger partial charge < -0.3 is 9.64 Å². The molecular weight excluding hydrogens is 424 g/mol. The smallest absolute Gasteiger partial charge is 0.333 e. The molecule has 0 radical (unpaired) electrons. The van der Waals surface area contributed by atoms with Crippen molar-refractivity contribution in [3.63, 3.8) is 0 Å². The fourth-order valence-corrected chi connectivity index (χ4v) is 4.50. The first-order valence-electron chi connectivity index (χ1n) is 11.0. The predicted octanol–water partition coefficient (Wildman–Crippen LogP) is 1.83. The zero-order valence-corrected chi connectivity index (χ0v) is 18.5. The lowest BCUT2D eigenvalue weighted by molar-refractivity contribution is 0.0605. The number of morpholine rings is 1. The summed E-state index contributed by atoms with van der Waals surface area (Å²) >= 11 is 0. The predicted molar refractivity (Wildman–Crippen MR) is 123 cm³/mol. The minimum absolute atomic E-state index is 0.272. The van der Waals surface area contributed by atoms with E-state index in [4.69, 9.17) is 4.74 Å². The summed E-state index contributed by atoms with van der Waals surface area (Å²) in [7, 11) is 0. The van der Waals surface area contributed by atoms with Gasteiger partial charge in [0.05, 0.1) is 35.2 Å². The number of hydrogen-bond donors (Lipinski definition) is 0. The van der Waals surface area contributed by atoms with Gasteiger partial charge in [-0.05, 0) is 44.2 Å². The Morgan fingerprint density at radius 1 is 0.909 bits per heavy atom. The molecule has 1 saturated heterocycles. The van der Waals surface area contributed by atoms with Gasteiger partial charge in [-0.1, -0.05) is 12.1 Å². The van der Waals surface area contributed by atoms with Crippen LogP contribution in [-0.4, -0.2) is 52.2 Å². The Morgan fingerprint density at radius 3 is 2.15 bits per heavy atom. The monoisotopic (exact) mass is 448 g/mol. The Kier molecular flexibility index (Phi) is 5.13. The molecule has 0 unspecified atom stereocenters. The van der Waals surface area contributed by atoms with Crippen molar-refractivity contribution in [2.75, 3.05) is 31.2 Å². The molecule has 3 aromatic rings. The number of benzene rings is 2. The van der Waals surface area contributed by atoms with Gasteiger partial charge in [-0.2, -0.15) is 0 Å². The molecule has 0 saturated carbocycles. The van der Waals surface area contributed by atoms with E-state index >= 15 is 0 Å². The fourth-order valence-electron chi connectivity index (χ4n) is 4.50. The van der Waals surface area contributed by atoms with E-state index < -0.39 is 29.1 Å². The third kappa shape index (κ3) is 3.36. The molecule has 2 amide bonds. The summed E-state index contributed by atoms with van der Waals surface area (Å²) in [6.07, 6.45) is 0. The highest BCUT2D eigenvalue weighted by molar-refractivity contribution is 6.21. The van der Waals surface area contributed by atoms with E-state index in [0.29, 0.717) is 48.3 Å². The molecule has 2 aliphatic rings. The molecule has 2 aromatic carbocycles. The van der Waals surface area contributed by atoms with Crippen molar-refractivity contribution in [1.82, 2.24) is 14.0 Å². The first-order chi connectivity index (χ1) is 15.9. The molecule has 3 heterocycles. The van der Waals surface area contributed by atoms with Crippen molar-refractivity contribution in [3.8, 4) is 0 Å². The maximum atomic E-state index is 13.4. The molecule has 170 valence electrons. The quantitative estimate of drug-likeness (QED) is 0.566. The second kappa shape index (κ2) is 8.00. The van der Waals surface area contributed by atoms with Crippen LogP contribution in [0.3, 0.4) is 0 Å². The average Bonchev–Trinajstić information content (AvgIpc) is 3.06. The zero-order valence-electron chi connectivity index (χ0n) is 18.5. The first kappa shape index (κ1) is 21.1. The summed E-state index contributed by atoms with van der Waals surface area (Å²) in [6.45, 7) is 5.86. The van der Waals surface area contributed by atoms with Gasteiger partial charge in [0, 0.05) is 24.8 Å². The number of carbonyl (C=O) groups is 2. The van der Waals surface area contributed by atoms with Crippen molar-refractivity contribution < 1.29 is 14.3 Å². The van der Waals surface area contributed by atoms with Crippen LogP contribution in [0.25, 0.3) is 10.9 Å². The van der Waals surface area contributed by atoms with Crippen LogP contribution in [0.15, 0.2) is 52.1 Å². The molecule has 9 nitrogen and oxygen atoms in total. The van der Waals surface area contributed by atoms with E-state index in [2.05, 4.69) is 4.90 Å². The molecule has 0 atom stereocenters. The van der Waals surface area contributed by atoms with E-state index in [-0.39, 0.29) is 6.67 Å². The summed E-state index contributed by atoms with van der Waals surface area (Å²) in [6, 6.07) is 11.5. The molecule has 0 aliphatic carbocycles. The maximum Gasteiger partial charge on any atom is 0.333 e. The van der Waals surface area contributed by atoms with E-state index in [1.165, 1.54) is 9.13 Å². The normalized spacial score (nSPS) is 16.2. The van der Waals surface area contributed by atoms with Crippen molar-refractivity contribution in [3.05, 3.63) is 74.4 Å². The highest BCUT2D eigenvalue weighted by Crippen LogP contribution is 2.25. The Balaban J connectivity index is 1.65. The summed E-state index contributed by atoms with van der Waals surface area (Å²) in [5, 5.41) is 0.365. The number of carbonyl (C=O) groups excluding carboxylic acids is 2. The van der Waals surface area contributed by atoms with Gasteiger partial charge in [0.25, 0.3) is 17.4 Å². The Hall–Kier alpha value is -3.72. The van der Waals surface area contributed by atoms with Gasteiger partial charge in [0.2, 0.25) is 0 Å². The molecule has 0 spiro atoms. The van der Waals surface area contributed by atoms with E-state index in [1.807, 2.05) is 6.07 Å². The molecule has 2 aliphatic heterocycles. The Labute approximate surface area is 189 Å². The summed E-state index contributed by atoms with van der Waals surface area (Å²) < 4.78 is 7.92. The minimum atomic E-state index is -0.557. The fraction of sp³-hybridized carbons (Fsp3) is 0.333. The lowest BCUT2D eigenvalue weighted by Crippen LogP contribution is -2.45. The van der Waals surface area contributed by atoms with Crippen LogP contribution in [0.4, 0.5) is 5.69 Å². The Bertz CT molecular complexity index is 1360. The lowest BCUT2D eigenvalue weighted by Gasteiger charge is -2.29. The highest BCUT2D eigenvalue weighted by Gasteiger charge is 2.36. The van der Waals surface area contributed by atoms with Crippen molar-refractivity contribution in [2.45, 2.75) is 26.6 Å². The summed E-state index contributed by atoms with van der Waals surface area (Å²) in [5.74, 6) is -0.911. The Morgan fingerprint density at radius 2 is 1.55 bits per heavy atom. The van der Waals surface area contributed by atoms with Crippen LogP contribution < -0.4 is 16.1 Å². The van der Waals surface area contributed by atoms with Crippen LogP contribution in [-0.2, 0) is 11.4 Å². The number of ether oxygens (including phenoxy) is 1. The van der Waals surface area contributed by atoms with Crippen LogP contribution in [0, 0.1) is 0 Å². The van der Waals surface area contributed by atoms with Gasteiger partial charge in [-0.3, -0.25) is 28.4 Å². The van der Waals surface area contributed by atoms with E-state index in [0.717, 1.165) is 10.6 Å². The second-order valence-electron chi connectivity index (χ2n) is 8.51. The number of imide groups is 1. The third-order valence-electron chi connectivity index (χ3n) is 6.21. The standard InChI is InChI=1S/C24H24N4O5/c1-15(2)28-23(31)19-13-16(25-9-11-33-12-10-25)7-8-20(19)26(24(28)32)14-27-21(29)17-5-3-4-6-18(17)22(27)30/h3-8,13,15H,9-12,14H2,1-2H3. The number of nitrogens with zero attached hydrogens (tertiary/aromatic N) is 4. The van der Waals surface area contributed by atoms with E-state index in [1.54, 1.807) is 50.2 Å². The van der Waals surface area contributed by atoms with Crippen molar-refractivity contribution in [1.29, 1.82) is 0 Å². The molecule has 33 heavy (non-hydrogen) atoms. The number of rotatable bonds is 4. The highest BCUT2D eigenvalue weighted by atomic mass is 16.5. The first-order valence-corrected chi connectivity index (χ1v) is 11.0. The molecule has 9 heteroatoms. The SMILES string of the molecule is CC(C)n1c(=O)c2cc(N3CCOCC3)ccc2n(CN2C(=O)c3ccccc3C2=O)c1=O. The van der Waals surface area contributed by atoms with Crippen LogP contribution in [0.1, 0.15) is 40.6 Å². The van der Waals surface area contributed by atoms with Gasteiger partial charge in [-0.25, -0.2) is 4.79 Å². The number of aromatic nitrogens is 2. The molecule has 0 N–H and O–H groups in total. The largest absolute Gasteiger partial charge is 0.378 e. The van der Waals surface area contributed by atoms with Gasteiger partial charge in [0.15, 0.2) is 0 Å². The maximum absolute atomic E-state index is 13.4. The van der Waals surface area contributed by atoms with Gasteiger partial charge in [0.1, 0.15) is 6.67 Å². The summed E-state index contributed by atoms with van der Waals surface area (Å²) in [4.78, 5) is 55.6. The van der Waals surface area contributed by atoms with Crippen molar-refractivity contribution in [2.24, 2.45) is 0 Å². The third-order valence-corrected chi connectivity index (χ3v) is 6.21. The van der Waals surface area contributed by atoms with Gasteiger partial charge >= 0.3 is 5.69 Å².